The Morgan fingerprint density at radius 3 is 2.38 bits per heavy atom. The summed E-state index contributed by atoms with van der Waals surface area (Å²) < 4.78 is 10.8. The van der Waals surface area contributed by atoms with Gasteiger partial charge in [0.1, 0.15) is 0 Å². The van der Waals surface area contributed by atoms with Crippen LogP contribution in [0.25, 0.3) is 10.9 Å². The molecule has 4 heteroatoms. The van der Waals surface area contributed by atoms with E-state index in [-0.39, 0.29) is 29.3 Å². The number of fused-ring (bicyclic) bond motifs is 2. The van der Waals surface area contributed by atoms with Gasteiger partial charge in [-0.15, -0.1) is 0 Å². The molecule has 0 amide bonds. The maximum atomic E-state index is 12.9. The number of nitrogens with one attached hydrogen (secondary N) is 1. The molecule has 2 aliphatic rings. The molecule has 4 nitrogen and oxygen atoms in total. The molecule has 0 unspecified atom stereocenters. The van der Waals surface area contributed by atoms with Crippen LogP contribution in [0.1, 0.15) is 38.1 Å². The third-order valence-electron chi connectivity index (χ3n) is 5.72. The summed E-state index contributed by atoms with van der Waals surface area (Å²) >= 11 is 0. The number of hydrogen-bond donors (Lipinski definition) is 1. The Hall–Kier alpha value is -1.97. The van der Waals surface area contributed by atoms with E-state index in [4.69, 9.17) is 9.47 Å². The van der Waals surface area contributed by atoms with Gasteiger partial charge >= 0.3 is 0 Å². The van der Waals surface area contributed by atoms with Crippen LogP contribution in [0.3, 0.4) is 0 Å². The number of hydrogen-bond acceptors (Lipinski definition) is 3. The fraction of sp³-hybridized carbons (Fsp3) is 0.471. The molecule has 1 aliphatic carbocycles. The van der Waals surface area contributed by atoms with Crippen molar-refractivity contribution in [3.05, 3.63) is 23.9 Å². The summed E-state index contributed by atoms with van der Waals surface area (Å²) in [4.78, 5) is 16.1. The Morgan fingerprint density at radius 1 is 1.14 bits per heavy atom. The van der Waals surface area contributed by atoms with Gasteiger partial charge < -0.3 is 14.5 Å². The van der Waals surface area contributed by atoms with Gasteiger partial charge in [-0.25, -0.2) is 0 Å². The second kappa shape index (κ2) is 3.62. The highest BCUT2D eigenvalue weighted by Gasteiger charge is 2.68. The standard InChI is InChI=1S/C17H19NO3/c1-16(2)15(17(16,3)4)14(19)10-7-18-11-6-13-12(5-9(10)11)20-8-21-13/h5-7,15,18H,8H2,1-4H3. The maximum absolute atomic E-state index is 12.9. The molecule has 2 aromatic rings. The van der Waals surface area contributed by atoms with Crippen LogP contribution in [0.15, 0.2) is 18.3 Å². The minimum Gasteiger partial charge on any atom is -0.454 e. The average molecular weight is 285 g/mol. The van der Waals surface area contributed by atoms with E-state index >= 15 is 0 Å². The first kappa shape index (κ1) is 12.7. The number of aromatic nitrogens is 1. The predicted molar refractivity (Wildman–Crippen MR) is 79.8 cm³/mol. The number of rotatable bonds is 2. The van der Waals surface area contributed by atoms with Gasteiger partial charge in [0.25, 0.3) is 0 Å². The molecule has 0 spiro atoms. The summed E-state index contributed by atoms with van der Waals surface area (Å²) in [5.74, 6) is 1.73. The molecule has 0 atom stereocenters. The van der Waals surface area contributed by atoms with Crippen molar-refractivity contribution in [3.63, 3.8) is 0 Å². The lowest BCUT2D eigenvalue weighted by atomic mass is 10.0. The second-order valence-electron chi connectivity index (χ2n) is 7.19. The van der Waals surface area contributed by atoms with Crippen LogP contribution in [0, 0.1) is 16.7 Å². The van der Waals surface area contributed by atoms with Crippen molar-refractivity contribution < 1.29 is 14.3 Å². The zero-order valence-electron chi connectivity index (χ0n) is 12.7. The van der Waals surface area contributed by atoms with Crippen LogP contribution in [0.2, 0.25) is 0 Å². The Labute approximate surface area is 123 Å². The van der Waals surface area contributed by atoms with Gasteiger partial charge in [0.2, 0.25) is 6.79 Å². The fourth-order valence-electron chi connectivity index (χ4n) is 3.72. The van der Waals surface area contributed by atoms with Gasteiger partial charge in [0, 0.05) is 29.1 Å². The lowest BCUT2D eigenvalue weighted by Gasteiger charge is -2.03. The molecule has 0 bridgehead atoms. The van der Waals surface area contributed by atoms with Gasteiger partial charge in [-0.05, 0) is 16.9 Å². The quantitative estimate of drug-likeness (QED) is 0.855. The summed E-state index contributed by atoms with van der Waals surface area (Å²) in [5, 5.41) is 0.919. The van der Waals surface area contributed by atoms with Crippen molar-refractivity contribution in [2.24, 2.45) is 16.7 Å². The Morgan fingerprint density at radius 2 is 1.76 bits per heavy atom. The summed E-state index contributed by atoms with van der Waals surface area (Å²) in [6, 6.07) is 3.81. The highest BCUT2D eigenvalue weighted by atomic mass is 16.7. The number of carbonyl (C=O) groups is 1. The summed E-state index contributed by atoms with van der Waals surface area (Å²) in [6.07, 6.45) is 1.81. The number of carbonyl (C=O) groups excluding carboxylic acids is 1. The molecule has 1 aromatic heterocycles. The van der Waals surface area contributed by atoms with Crippen LogP contribution >= 0.6 is 0 Å². The van der Waals surface area contributed by atoms with Gasteiger partial charge in [-0.2, -0.15) is 0 Å². The van der Waals surface area contributed by atoms with Crippen molar-refractivity contribution in [2.75, 3.05) is 6.79 Å². The van der Waals surface area contributed by atoms with Crippen LogP contribution in [-0.4, -0.2) is 17.6 Å². The first-order valence-electron chi connectivity index (χ1n) is 7.29. The smallest absolute Gasteiger partial charge is 0.231 e. The monoisotopic (exact) mass is 285 g/mol. The minimum atomic E-state index is 0.0457. The Balaban J connectivity index is 1.80. The summed E-state index contributed by atoms with van der Waals surface area (Å²) in [6.45, 7) is 8.91. The zero-order chi connectivity index (χ0) is 15.0. The second-order valence-corrected chi connectivity index (χ2v) is 7.19. The third kappa shape index (κ3) is 1.48. The molecule has 21 heavy (non-hydrogen) atoms. The number of ketones is 1. The highest BCUT2D eigenvalue weighted by molar-refractivity contribution is 6.11. The highest BCUT2D eigenvalue weighted by Crippen LogP contribution is 2.69. The van der Waals surface area contributed by atoms with Crippen molar-refractivity contribution in [3.8, 4) is 11.5 Å². The molecule has 4 rings (SSSR count). The molecule has 2 heterocycles. The van der Waals surface area contributed by atoms with E-state index in [1.165, 1.54) is 0 Å². The number of H-pyrrole nitrogens is 1. The molecule has 1 saturated carbocycles. The van der Waals surface area contributed by atoms with Gasteiger partial charge in [-0.3, -0.25) is 4.79 Å². The number of aromatic amines is 1. The number of benzene rings is 1. The molecule has 0 radical (unpaired) electrons. The van der Waals surface area contributed by atoms with E-state index in [0.717, 1.165) is 22.2 Å². The first-order valence-corrected chi connectivity index (χ1v) is 7.29. The molecule has 1 aliphatic heterocycles. The van der Waals surface area contributed by atoms with Crippen molar-refractivity contribution >= 4 is 16.7 Å². The average Bonchev–Trinajstić information content (AvgIpc) is 2.86. The maximum Gasteiger partial charge on any atom is 0.231 e. The third-order valence-corrected chi connectivity index (χ3v) is 5.72. The van der Waals surface area contributed by atoms with Crippen molar-refractivity contribution in [1.29, 1.82) is 0 Å². The fourth-order valence-corrected chi connectivity index (χ4v) is 3.72. The molecule has 0 saturated heterocycles. The van der Waals surface area contributed by atoms with E-state index in [9.17, 15) is 4.79 Å². The van der Waals surface area contributed by atoms with Gasteiger partial charge in [-0.1, -0.05) is 27.7 Å². The van der Waals surface area contributed by atoms with Gasteiger partial charge in [0.05, 0.1) is 5.52 Å². The van der Waals surface area contributed by atoms with Crippen molar-refractivity contribution in [2.45, 2.75) is 27.7 Å². The minimum absolute atomic E-state index is 0.0457. The number of Topliss-reactive ketones (excluding diaryl/α,β-unsaturated/α-hetero) is 1. The molecular formula is C17H19NO3. The molecule has 1 N–H and O–H groups in total. The summed E-state index contributed by atoms with van der Waals surface area (Å²) in [7, 11) is 0. The normalized spacial score (nSPS) is 21.7. The topological polar surface area (TPSA) is 51.3 Å². The predicted octanol–water partition coefficient (Wildman–Crippen LogP) is 3.76. The zero-order valence-corrected chi connectivity index (χ0v) is 12.7. The van der Waals surface area contributed by atoms with E-state index in [1.54, 1.807) is 0 Å². The van der Waals surface area contributed by atoms with E-state index in [0.29, 0.717) is 5.75 Å². The largest absolute Gasteiger partial charge is 0.454 e. The lowest BCUT2D eigenvalue weighted by Crippen LogP contribution is -2.06. The SMILES string of the molecule is CC1(C)C(C(=O)c2c[nH]c3cc4c(cc23)OCO4)C1(C)C. The first-order chi connectivity index (χ1) is 9.84. The Bertz CT molecular complexity index is 756. The van der Waals surface area contributed by atoms with Gasteiger partial charge in [0.15, 0.2) is 17.3 Å². The van der Waals surface area contributed by atoms with E-state index in [1.807, 2.05) is 18.3 Å². The number of ether oxygens (including phenoxy) is 2. The van der Waals surface area contributed by atoms with Crippen LogP contribution < -0.4 is 9.47 Å². The molecule has 1 fully saturated rings. The van der Waals surface area contributed by atoms with Crippen LogP contribution in [0.5, 0.6) is 11.5 Å². The Kier molecular flexibility index (Phi) is 2.19. The summed E-state index contributed by atoms with van der Waals surface area (Å²) in [5.41, 5.74) is 1.76. The molecule has 1 aromatic carbocycles. The van der Waals surface area contributed by atoms with Crippen LogP contribution in [0.4, 0.5) is 0 Å². The van der Waals surface area contributed by atoms with E-state index < -0.39 is 0 Å². The van der Waals surface area contributed by atoms with E-state index in [2.05, 4.69) is 32.7 Å². The lowest BCUT2D eigenvalue weighted by molar-refractivity contribution is 0.0947. The van der Waals surface area contributed by atoms with Crippen LogP contribution in [-0.2, 0) is 0 Å². The molecular weight excluding hydrogens is 266 g/mol. The van der Waals surface area contributed by atoms with Crippen molar-refractivity contribution in [1.82, 2.24) is 4.98 Å². The molecule has 110 valence electrons.